The predicted molar refractivity (Wildman–Crippen MR) is 107 cm³/mol. The number of halogens is 2. The van der Waals surface area contributed by atoms with E-state index in [0.717, 1.165) is 5.56 Å². The lowest BCUT2D eigenvalue weighted by Crippen LogP contribution is -2.54. The predicted octanol–water partition coefficient (Wildman–Crippen LogP) is 4.38. The molecule has 0 N–H and O–H groups in total. The summed E-state index contributed by atoms with van der Waals surface area (Å²) < 4.78 is 18.7. The van der Waals surface area contributed by atoms with Crippen LogP contribution in [0, 0.1) is 5.82 Å². The Bertz CT molecular complexity index is 854. The maximum Gasteiger partial charge on any atom is 0.410 e. The van der Waals surface area contributed by atoms with E-state index in [1.807, 2.05) is 33.8 Å². The molecule has 1 aliphatic heterocycles. The van der Waals surface area contributed by atoms with Crippen molar-refractivity contribution in [1.29, 1.82) is 0 Å². The largest absolute Gasteiger partial charge is 0.444 e. The topological polar surface area (TPSA) is 58.6 Å². The Morgan fingerprint density at radius 1 is 1.21 bits per heavy atom. The molecule has 1 atom stereocenters. The summed E-state index contributed by atoms with van der Waals surface area (Å²) in [7, 11) is 0. The van der Waals surface area contributed by atoms with Gasteiger partial charge in [0, 0.05) is 37.3 Å². The Morgan fingerprint density at radius 3 is 2.50 bits per heavy atom. The third-order valence-electron chi connectivity index (χ3n) is 4.40. The van der Waals surface area contributed by atoms with E-state index in [-0.39, 0.29) is 23.2 Å². The average Bonchev–Trinajstić information content (AvgIpc) is 2.60. The zero-order valence-electron chi connectivity index (χ0n) is 16.4. The van der Waals surface area contributed by atoms with Gasteiger partial charge in [-0.3, -0.25) is 0 Å². The molecular weight excluding hydrogens is 383 g/mol. The number of aromatic nitrogens is 2. The molecule has 0 aliphatic carbocycles. The van der Waals surface area contributed by atoms with Crippen LogP contribution in [0.5, 0.6) is 0 Å². The number of ether oxygens (including phenoxy) is 1. The van der Waals surface area contributed by atoms with Crippen molar-refractivity contribution in [3.63, 3.8) is 0 Å². The van der Waals surface area contributed by atoms with Gasteiger partial charge in [0.15, 0.2) is 0 Å². The number of amides is 1. The lowest BCUT2D eigenvalue weighted by Gasteiger charge is -2.40. The number of hydrogen-bond acceptors (Lipinski definition) is 5. The van der Waals surface area contributed by atoms with Gasteiger partial charge in [0.05, 0.1) is 5.69 Å². The first kappa shape index (κ1) is 20.3. The summed E-state index contributed by atoms with van der Waals surface area (Å²) in [5.41, 5.74) is 0.852. The van der Waals surface area contributed by atoms with Crippen molar-refractivity contribution >= 4 is 23.5 Å². The maximum atomic E-state index is 13.2. The normalized spacial score (nSPS) is 17.6. The SMILES string of the molecule is CC1CN(C(=O)OC(C)(C)C)CCN1c1cc(-c2ccc(F)cc2)nc(Cl)n1. The van der Waals surface area contributed by atoms with Crippen molar-refractivity contribution in [2.45, 2.75) is 39.3 Å². The van der Waals surface area contributed by atoms with Gasteiger partial charge in [-0.1, -0.05) is 0 Å². The highest BCUT2D eigenvalue weighted by Crippen LogP contribution is 2.26. The third-order valence-corrected chi connectivity index (χ3v) is 4.57. The number of benzene rings is 1. The molecule has 0 spiro atoms. The molecule has 2 aromatic rings. The first-order valence-corrected chi connectivity index (χ1v) is 9.55. The van der Waals surface area contributed by atoms with Crippen LogP contribution in [0.25, 0.3) is 11.3 Å². The van der Waals surface area contributed by atoms with E-state index in [0.29, 0.717) is 31.1 Å². The van der Waals surface area contributed by atoms with Crippen LogP contribution in [0.15, 0.2) is 30.3 Å². The van der Waals surface area contributed by atoms with Crippen LogP contribution >= 0.6 is 11.6 Å². The summed E-state index contributed by atoms with van der Waals surface area (Å²) in [6.45, 7) is 9.20. The van der Waals surface area contributed by atoms with Crippen LogP contribution in [-0.2, 0) is 4.74 Å². The highest BCUT2D eigenvalue weighted by molar-refractivity contribution is 6.28. The zero-order chi connectivity index (χ0) is 20.5. The van der Waals surface area contributed by atoms with E-state index in [1.165, 1.54) is 12.1 Å². The van der Waals surface area contributed by atoms with Crippen molar-refractivity contribution in [2.75, 3.05) is 24.5 Å². The van der Waals surface area contributed by atoms with Crippen molar-refractivity contribution < 1.29 is 13.9 Å². The molecule has 1 fully saturated rings. The Labute approximate surface area is 169 Å². The molecule has 6 nitrogen and oxygen atoms in total. The van der Waals surface area contributed by atoms with Crippen LogP contribution in [0.1, 0.15) is 27.7 Å². The molecule has 1 aromatic carbocycles. The molecule has 2 heterocycles. The van der Waals surface area contributed by atoms with Crippen LogP contribution in [0.4, 0.5) is 15.0 Å². The zero-order valence-corrected chi connectivity index (χ0v) is 17.2. The molecule has 0 saturated carbocycles. The summed E-state index contributed by atoms with van der Waals surface area (Å²) in [5.74, 6) is 0.367. The molecule has 1 aliphatic rings. The number of carbonyl (C=O) groups is 1. The van der Waals surface area contributed by atoms with Crippen molar-refractivity contribution in [2.24, 2.45) is 0 Å². The van der Waals surface area contributed by atoms with Gasteiger partial charge in [0.1, 0.15) is 17.2 Å². The molecule has 1 aromatic heterocycles. The first-order chi connectivity index (χ1) is 13.1. The van der Waals surface area contributed by atoms with Crippen molar-refractivity contribution in [3.8, 4) is 11.3 Å². The lowest BCUT2D eigenvalue weighted by molar-refractivity contribution is 0.0218. The fraction of sp³-hybridized carbons (Fsp3) is 0.450. The summed E-state index contributed by atoms with van der Waals surface area (Å²) >= 11 is 6.14. The van der Waals surface area contributed by atoms with E-state index < -0.39 is 5.60 Å². The molecule has 1 saturated heterocycles. The number of anilines is 1. The van der Waals surface area contributed by atoms with E-state index in [9.17, 15) is 9.18 Å². The smallest absolute Gasteiger partial charge is 0.410 e. The van der Waals surface area contributed by atoms with E-state index in [4.69, 9.17) is 16.3 Å². The molecule has 8 heteroatoms. The van der Waals surface area contributed by atoms with E-state index >= 15 is 0 Å². The van der Waals surface area contributed by atoms with Crippen molar-refractivity contribution in [1.82, 2.24) is 14.9 Å². The average molecular weight is 407 g/mol. The van der Waals surface area contributed by atoms with E-state index in [2.05, 4.69) is 14.9 Å². The van der Waals surface area contributed by atoms with Gasteiger partial charge in [0.25, 0.3) is 0 Å². The fourth-order valence-electron chi connectivity index (χ4n) is 3.11. The molecular formula is C20H24ClFN4O2. The van der Waals surface area contributed by atoms with Crippen LogP contribution in [0.2, 0.25) is 5.28 Å². The summed E-state index contributed by atoms with van der Waals surface area (Å²) in [6.07, 6.45) is -0.313. The van der Waals surface area contributed by atoms with Gasteiger partial charge < -0.3 is 14.5 Å². The van der Waals surface area contributed by atoms with Gasteiger partial charge >= 0.3 is 6.09 Å². The second-order valence-electron chi connectivity index (χ2n) is 7.86. The van der Waals surface area contributed by atoms with Gasteiger partial charge in [-0.2, -0.15) is 0 Å². The quantitative estimate of drug-likeness (QED) is 0.692. The summed E-state index contributed by atoms with van der Waals surface area (Å²) in [5, 5.41) is 0.124. The fourth-order valence-corrected chi connectivity index (χ4v) is 3.29. The molecule has 150 valence electrons. The van der Waals surface area contributed by atoms with Gasteiger partial charge in [-0.15, -0.1) is 0 Å². The number of rotatable bonds is 2. The molecule has 1 unspecified atom stereocenters. The molecule has 1 amide bonds. The monoisotopic (exact) mass is 406 g/mol. The second-order valence-corrected chi connectivity index (χ2v) is 8.19. The lowest BCUT2D eigenvalue weighted by atomic mass is 10.1. The summed E-state index contributed by atoms with van der Waals surface area (Å²) in [6, 6.07) is 7.93. The molecule has 28 heavy (non-hydrogen) atoms. The van der Waals surface area contributed by atoms with Gasteiger partial charge in [-0.25, -0.2) is 19.2 Å². The minimum absolute atomic E-state index is 0.0216. The summed E-state index contributed by atoms with van der Waals surface area (Å²) in [4.78, 5) is 24.7. The van der Waals surface area contributed by atoms with Gasteiger partial charge in [-0.05, 0) is 63.6 Å². The maximum absolute atomic E-state index is 13.2. The van der Waals surface area contributed by atoms with Gasteiger partial charge in [0.2, 0.25) is 5.28 Å². The van der Waals surface area contributed by atoms with Crippen LogP contribution in [-0.4, -0.2) is 52.2 Å². The number of carbonyl (C=O) groups excluding carboxylic acids is 1. The Hall–Kier alpha value is -2.41. The first-order valence-electron chi connectivity index (χ1n) is 9.17. The third kappa shape index (κ3) is 4.90. The molecule has 0 bridgehead atoms. The highest BCUT2D eigenvalue weighted by atomic mass is 35.5. The minimum atomic E-state index is -0.526. The minimum Gasteiger partial charge on any atom is -0.444 e. The number of hydrogen-bond donors (Lipinski definition) is 0. The molecule has 3 rings (SSSR count). The van der Waals surface area contributed by atoms with E-state index in [1.54, 1.807) is 17.0 Å². The highest BCUT2D eigenvalue weighted by Gasteiger charge is 2.30. The standard InChI is InChI=1S/C20H24ClFN4O2/c1-13-12-25(19(27)28-20(2,3)4)9-10-26(13)17-11-16(23-18(21)24-17)14-5-7-15(22)8-6-14/h5-8,11,13H,9-10,12H2,1-4H3. The Kier molecular flexibility index (Phi) is 5.74. The van der Waals surface area contributed by atoms with Crippen LogP contribution < -0.4 is 4.90 Å². The Balaban J connectivity index is 1.77. The van der Waals surface area contributed by atoms with Crippen molar-refractivity contribution in [3.05, 3.63) is 41.4 Å². The number of nitrogens with zero attached hydrogens (tertiary/aromatic N) is 4. The Morgan fingerprint density at radius 2 is 1.89 bits per heavy atom. The molecule has 0 radical (unpaired) electrons. The number of piperazine rings is 1. The van der Waals surface area contributed by atoms with Crippen LogP contribution in [0.3, 0.4) is 0 Å². The second kappa shape index (κ2) is 7.91.